The summed E-state index contributed by atoms with van der Waals surface area (Å²) in [6.45, 7) is 3.89. The Morgan fingerprint density at radius 3 is 2.56 bits per heavy atom. The van der Waals surface area contributed by atoms with Crippen LogP contribution in [0.4, 0.5) is 5.69 Å². The van der Waals surface area contributed by atoms with Gasteiger partial charge in [-0.25, -0.2) is 4.98 Å². The summed E-state index contributed by atoms with van der Waals surface area (Å²) in [5.74, 6) is 0.493. The van der Waals surface area contributed by atoms with Crippen LogP contribution in [-0.4, -0.2) is 36.8 Å². The highest BCUT2D eigenvalue weighted by Crippen LogP contribution is 2.34. The number of anilines is 1. The van der Waals surface area contributed by atoms with E-state index in [9.17, 15) is 9.90 Å². The number of pyridine rings is 1. The monoisotopic (exact) mass is 366 g/mol. The van der Waals surface area contributed by atoms with Crippen molar-refractivity contribution in [3.8, 4) is 22.8 Å². The third kappa shape index (κ3) is 3.85. The van der Waals surface area contributed by atoms with Crippen molar-refractivity contribution in [3.63, 3.8) is 0 Å². The van der Waals surface area contributed by atoms with Crippen molar-refractivity contribution in [3.05, 3.63) is 47.5 Å². The number of aromatic hydroxyl groups is 1. The lowest BCUT2D eigenvalue weighted by molar-refractivity contribution is -0.119. The first-order valence-corrected chi connectivity index (χ1v) is 8.51. The van der Waals surface area contributed by atoms with Gasteiger partial charge in [0.1, 0.15) is 18.1 Å². The molecule has 140 valence electrons. The van der Waals surface area contributed by atoms with E-state index in [-0.39, 0.29) is 18.3 Å². The SMILES string of the molecule is COCC(=O)Nc1cc2c(C)cc(-c3ccc(OC)cc3O)nc2cc1C. The normalized spacial score (nSPS) is 10.8. The maximum Gasteiger partial charge on any atom is 0.250 e. The molecule has 1 amide bonds. The number of hydrogen-bond donors (Lipinski definition) is 2. The minimum absolute atomic E-state index is 0.00436. The smallest absolute Gasteiger partial charge is 0.250 e. The zero-order chi connectivity index (χ0) is 19.6. The Kier molecular flexibility index (Phi) is 5.28. The van der Waals surface area contributed by atoms with E-state index >= 15 is 0 Å². The molecule has 27 heavy (non-hydrogen) atoms. The number of rotatable bonds is 5. The predicted molar refractivity (Wildman–Crippen MR) is 105 cm³/mol. The maximum atomic E-state index is 11.8. The largest absolute Gasteiger partial charge is 0.507 e. The van der Waals surface area contributed by atoms with Gasteiger partial charge >= 0.3 is 0 Å². The number of fused-ring (bicyclic) bond motifs is 1. The van der Waals surface area contributed by atoms with Crippen LogP contribution in [0.15, 0.2) is 36.4 Å². The van der Waals surface area contributed by atoms with Crippen LogP contribution in [0.1, 0.15) is 11.1 Å². The summed E-state index contributed by atoms with van der Waals surface area (Å²) < 4.78 is 10.00. The van der Waals surface area contributed by atoms with Gasteiger partial charge in [-0.2, -0.15) is 0 Å². The van der Waals surface area contributed by atoms with Crippen molar-refractivity contribution in [1.29, 1.82) is 0 Å². The topological polar surface area (TPSA) is 80.7 Å². The number of carbonyl (C=O) groups is 1. The van der Waals surface area contributed by atoms with E-state index in [1.165, 1.54) is 7.11 Å². The number of benzene rings is 2. The molecule has 0 aliphatic heterocycles. The summed E-state index contributed by atoms with van der Waals surface area (Å²) in [6, 6.07) is 10.9. The highest BCUT2D eigenvalue weighted by molar-refractivity contribution is 5.96. The molecule has 0 radical (unpaired) electrons. The summed E-state index contributed by atoms with van der Waals surface area (Å²) in [5.41, 5.74) is 4.73. The fourth-order valence-electron chi connectivity index (χ4n) is 2.99. The molecule has 1 heterocycles. The van der Waals surface area contributed by atoms with Crippen molar-refractivity contribution in [2.75, 3.05) is 26.1 Å². The van der Waals surface area contributed by atoms with Gasteiger partial charge < -0.3 is 19.9 Å². The second-order valence-electron chi connectivity index (χ2n) is 6.37. The number of nitrogens with zero attached hydrogens (tertiary/aromatic N) is 1. The third-order valence-electron chi connectivity index (χ3n) is 4.39. The van der Waals surface area contributed by atoms with Gasteiger partial charge in [0.15, 0.2) is 0 Å². The summed E-state index contributed by atoms with van der Waals surface area (Å²) in [4.78, 5) is 16.5. The molecule has 2 aromatic carbocycles. The summed E-state index contributed by atoms with van der Waals surface area (Å²) in [5, 5.41) is 14.1. The molecule has 3 aromatic rings. The average Bonchev–Trinajstić information content (AvgIpc) is 2.62. The molecule has 1 aromatic heterocycles. The van der Waals surface area contributed by atoms with E-state index in [1.54, 1.807) is 25.3 Å². The van der Waals surface area contributed by atoms with E-state index in [2.05, 4.69) is 5.32 Å². The highest BCUT2D eigenvalue weighted by Gasteiger charge is 2.12. The quantitative estimate of drug-likeness (QED) is 0.717. The summed E-state index contributed by atoms with van der Waals surface area (Å²) in [6.07, 6.45) is 0. The predicted octanol–water partition coefficient (Wildman–Crippen LogP) is 3.82. The lowest BCUT2D eigenvalue weighted by Gasteiger charge is -2.13. The van der Waals surface area contributed by atoms with Gasteiger partial charge in [0.05, 0.1) is 18.3 Å². The Hall–Kier alpha value is -3.12. The van der Waals surface area contributed by atoms with Gasteiger partial charge in [-0.15, -0.1) is 0 Å². The molecule has 2 N–H and O–H groups in total. The number of phenols is 1. The fourth-order valence-corrected chi connectivity index (χ4v) is 2.99. The van der Waals surface area contributed by atoms with E-state index in [0.717, 1.165) is 27.7 Å². The van der Waals surface area contributed by atoms with Gasteiger partial charge in [-0.1, -0.05) is 0 Å². The highest BCUT2D eigenvalue weighted by atomic mass is 16.5. The van der Waals surface area contributed by atoms with Crippen molar-refractivity contribution in [2.24, 2.45) is 0 Å². The molecule has 6 nitrogen and oxygen atoms in total. The van der Waals surface area contributed by atoms with Crippen LogP contribution in [0.2, 0.25) is 0 Å². The molecule has 0 saturated carbocycles. The second-order valence-corrected chi connectivity index (χ2v) is 6.37. The molecule has 0 atom stereocenters. The first kappa shape index (κ1) is 18.7. The number of methoxy groups -OCH3 is 2. The fraction of sp³-hybridized carbons (Fsp3) is 0.238. The van der Waals surface area contributed by atoms with Crippen LogP contribution in [0, 0.1) is 13.8 Å². The minimum atomic E-state index is -0.203. The minimum Gasteiger partial charge on any atom is -0.507 e. The zero-order valence-corrected chi connectivity index (χ0v) is 15.8. The Balaban J connectivity index is 2.06. The number of aryl methyl sites for hydroxylation is 2. The molecular weight excluding hydrogens is 344 g/mol. The van der Waals surface area contributed by atoms with Crippen molar-refractivity contribution in [1.82, 2.24) is 4.98 Å². The van der Waals surface area contributed by atoms with Gasteiger partial charge in [0.25, 0.3) is 0 Å². The van der Waals surface area contributed by atoms with E-state index in [0.29, 0.717) is 17.0 Å². The molecule has 0 fully saturated rings. The van der Waals surface area contributed by atoms with Crippen LogP contribution < -0.4 is 10.1 Å². The Labute approximate surface area is 157 Å². The number of ether oxygens (including phenoxy) is 2. The van der Waals surface area contributed by atoms with Gasteiger partial charge in [0, 0.05) is 29.8 Å². The molecular formula is C21H22N2O4. The average molecular weight is 366 g/mol. The van der Waals surface area contributed by atoms with Gasteiger partial charge in [-0.05, 0) is 55.3 Å². The summed E-state index contributed by atoms with van der Waals surface area (Å²) >= 11 is 0. The molecule has 0 aliphatic rings. The van der Waals surface area contributed by atoms with E-state index in [4.69, 9.17) is 14.5 Å². The molecule has 0 saturated heterocycles. The third-order valence-corrected chi connectivity index (χ3v) is 4.39. The van der Waals surface area contributed by atoms with Crippen molar-refractivity contribution < 1.29 is 19.4 Å². The van der Waals surface area contributed by atoms with E-state index < -0.39 is 0 Å². The lowest BCUT2D eigenvalue weighted by Crippen LogP contribution is -2.17. The zero-order valence-electron chi connectivity index (χ0n) is 15.8. The van der Waals surface area contributed by atoms with E-state index in [1.807, 2.05) is 32.0 Å². The Morgan fingerprint density at radius 1 is 1.11 bits per heavy atom. The van der Waals surface area contributed by atoms with Crippen molar-refractivity contribution >= 4 is 22.5 Å². The standard InChI is InChI=1S/C21H22N2O4/c1-12-7-18(15-6-5-14(27-4)9-20(15)24)22-19-8-13(2)17(10-16(12)19)23-21(25)11-26-3/h5-10,24H,11H2,1-4H3,(H,23,25). The first-order chi connectivity index (χ1) is 12.9. The summed E-state index contributed by atoms with van der Waals surface area (Å²) in [7, 11) is 3.04. The second kappa shape index (κ2) is 7.63. The van der Waals surface area contributed by atoms with Crippen molar-refractivity contribution in [2.45, 2.75) is 13.8 Å². The number of nitrogens with one attached hydrogen (secondary N) is 1. The van der Waals surface area contributed by atoms with Crippen LogP contribution in [-0.2, 0) is 9.53 Å². The van der Waals surface area contributed by atoms with Crippen LogP contribution in [0.3, 0.4) is 0 Å². The van der Waals surface area contributed by atoms with Gasteiger partial charge in [-0.3, -0.25) is 4.79 Å². The number of aromatic nitrogens is 1. The van der Waals surface area contributed by atoms with Crippen LogP contribution in [0.25, 0.3) is 22.2 Å². The molecule has 0 aliphatic carbocycles. The Morgan fingerprint density at radius 2 is 1.89 bits per heavy atom. The maximum absolute atomic E-state index is 11.8. The molecule has 0 spiro atoms. The van der Waals surface area contributed by atoms with Crippen LogP contribution >= 0.6 is 0 Å². The Bertz CT molecular complexity index is 1010. The van der Waals surface area contributed by atoms with Gasteiger partial charge in [0.2, 0.25) is 5.91 Å². The first-order valence-electron chi connectivity index (χ1n) is 8.51. The molecule has 0 unspecified atom stereocenters. The lowest BCUT2D eigenvalue weighted by atomic mass is 10.0. The number of phenolic OH excluding ortho intramolecular Hbond substituents is 1. The number of carbonyl (C=O) groups excluding carboxylic acids is 1. The molecule has 6 heteroatoms. The molecule has 0 bridgehead atoms. The molecule has 3 rings (SSSR count). The number of amides is 1. The number of hydrogen-bond acceptors (Lipinski definition) is 5. The van der Waals surface area contributed by atoms with Crippen LogP contribution in [0.5, 0.6) is 11.5 Å².